The van der Waals surface area contributed by atoms with Gasteiger partial charge in [-0.1, -0.05) is 12.1 Å². The maximum atomic E-state index is 13.1. The van der Waals surface area contributed by atoms with Gasteiger partial charge in [-0.05, 0) is 106 Å². The van der Waals surface area contributed by atoms with E-state index in [0.717, 1.165) is 5.56 Å². The molecule has 0 unspecified atom stereocenters. The van der Waals surface area contributed by atoms with Gasteiger partial charge in [-0.15, -0.1) is 0 Å². The number of hydrogen-bond acceptors (Lipinski definition) is 7. The van der Waals surface area contributed by atoms with Crippen LogP contribution < -0.4 is 5.32 Å². The van der Waals surface area contributed by atoms with E-state index in [4.69, 9.17) is 14.2 Å². The van der Waals surface area contributed by atoms with Crippen LogP contribution in [0.25, 0.3) is 0 Å². The number of carbonyl (C=O) groups excluding carboxylic acids is 3. The SMILES string of the molecule is CC(C)(C)OC(=O)N[C@@H](C[C@H](CCCc1ccc(O)cc1)C(=O)OC(C)(C)C)C(=O)OC(C)(C)C. The molecule has 0 aliphatic carbocycles. The highest BCUT2D eigenvalue weighted by atomic mass is 16.6. The number of amides is 1. The van der Waals surface area contributed by atoms with Gasteiger partial charge in [0.15, 0.2) is 0 Å². The van der Waals surface area contributed by atoms with E-state index in [2.05, 4.69) is 5.32 Å². The molecule has 8 nitrogen and oxygen atoms in total. The van der Waals surface area contributed by atoms with E-state index in [9.17, 15) is 19.5 Å². The van der Waals surface area contributed by atoms with Crippen molar-refractivity contribution in [2.75, 3.05) is 0 Å². The standard InChI is InChI=1S/C27H43NO7/c1-25(2,3)33-22(30)19(12-10-11-18-13-15-20(29)16-14-18)17-21(23(31)34-26(4,5)6)28-24(32)35-27(7,8)9/h13-16,19,21,29H,10-12,17H2,1-9H3,(H,28,32)/t19-,21-/m0/s1. The van der Waals surface area contributed by atoms with Crippen LogP contribution in [-0.2, 0) is 30.2 Å². The second-order valence-corrected chi connectivity index (χ2v) is 11.8. The van der Waals surface area contributed by atoms with Crippen molar-refractivity contribution in [2.24, 2.45) is 5.92 Å². The van der Waals surface area contributed by atoms with E-state index in [1.165, 1.54) is 0 Å². The van der Waals surface area contributed by atoms with Crippen molar-refractivity contribution in [3.63, 3.8) is 0 Å². The Morgan fingerprint density at radius 2 is 1.29 bits per heavy atom. The summed E-state index contributed by atoms with van der Waals surface area (Å²) in [6.07, 6.45) is 1.00. The van der Waals surface area contributed by atoms with Crippen molar-refractivity contribution in [2.45, 2.75) is 111 Å². The molecular weight excluding hydrogens is 450 g/mol. The van der Waals surface area contributed by atoms with Gasteiger partial charge in [-0.3, -0.25) is 4.79 Å². The van der Waals surface area contributed by atoms with Crippen LogP contribution in [0.3, 0.4) is 0 Å². The molecule has 0 bridgehead atoms. The fourth-order valence-electron chi connectivity index (χ4n) is 3.25. The lowest BCUT2D eigenvalue weighted by Gasteiger charge is -2.29. The molecule has 8 heteroatoms. The predicted molar refractivity (Wildman–Crippen MR) is 134 cm³/mol. The number of aromatic hydroxyl groups is 1. The zero-order chi connectivity index (χ0) is 27.0. The van der Waals surface area contributed by atoms with Gasteiger partial charge in [0.25, 0.3) is 0 Å². The molecule has 35 heavy (non-hydrogen) atoms. The highest BCUT2D eigenvalue weighted by Gasteiger charge is 2.34. The van der Waals surface area contributed by atoms with E-state index >= 15 is 0 Å². The van der Waals surface area contributed by atoms with Crippen molar-refractivity contribution in [3.05, 3.63) is 29.8 Å². The van der Waals surface area contributed by atoms with Crippen molar-refractivity contribution >= 4 is 18.0 Å². The lowest BCUT2D eigenvalue weighted by atomic mass is 9.92. The summed E-state index contributed by atoms with van der Waals surface area (Å²) in [5.41, 5.74) is -1.21. The van der Waals surface area contributed by atoms with Crippen LogP contribution in [0.4, 0.5) is 4.79 Å². The number of esters is 2. The zero-order valence-electron chi connectivity index (χ0n) is 22.7. The summed E-state index contributed by atoms with van der Waals surface area (Å²) in [6, 6.07) is 5.79. The second kappa shape index (κ2) is 12.3. The van der Waals surface area contributed by atoms with Crippen LogP contribution in [0.15, 0.2) is 24.3 Å². The highest BCUT2D eigenvalue weighted by Crippen LogP contribution is 2.23. The molecule has 0 heterocycles. The van der Waals surface area contributed by atoms with Crippen molar-refractivity contribution in [1.29, 1.82) is 0 Å². The summed E-state index contributed by atoms with van der Waals surface area (Å²) in [5, 5.41) is 12.1. The average molecular weight is 494 g/mol. The molecule has 2 atom stereocenters. The van der Waals surface area contributed by atoms with E-state index in [1.807, 2.05) is 12.1 Å². The van der Waals surface area contributed by atoms with E-state index in [0.29, 0.717) is 19.3 Å². The molecule has 0 aliphatic rings. The summed E-state index contributed by atoms with van der Waals surface area (Å²) >= 11 is 0. The monoisotopic (exact) mass is 493 g/mol. The Bertz CT molecular complexity index is 842. The van der Waals surface area contributed by atoms with Gasteiger partial charge in [0, 0.05) is 0 Å². The number of nitrogens with one attached hydrogen (secondary N) is 1. The molecule has 0 saturated heterocycles. The van der Waals surface area contributed by atoms with Crippen LogP contribution >= 0.6 is 0 Å². The Balaban J connectivity index is 3.07. The fraction of sp³-hybridized carbons (Fsp3) is 0.667. The Labute approximate surface area is 209 Å². The molecule has 1 rings (SSSR count). The molecular formula is C27H43NO7. The van der Waals surface area contributed by atoms with E-state index in [-0.39, 0.29) is 12.2 Å². The molecule has 1 aromatic carbocycles. The van der Waals surface area contributed by atoms with Crippen LogP contribution in [0, 0.1) is 5.92 Å². The first-order valence-corrected chi connectivity index (χ1v) is 12.1. The molecule has 1 amide bonds. The smallest absolute Gasteiger partial charge is 0.408 e. The Morgan fingerprint density at radius 3 is 1.77 bits per heavy atom. The Kier molecular flexibility index (Phi) is 10.6. The molecule has 0 fully saturated rings. The van der Waals surface area contributed by atoms with Gasteiger partial charge in [0.2, 0.25) is 0 Å². The summed E-state index contributed by atoms with van der Waals surface area (Å²) in [5.74, 6) is -1.55. The molecule has 0 saturated carbocycles. The van der Waals surface area contributed by atoms with Crippen LogP contribution in [0.1, 0.15) is 87.1 Å². The first-order valence-electron chi connectivity index (χ1n) is 12.1. The molecule has 0 radical (unpaired) electrons. The van der Waals surface area contributed by atoms with Crippen LogP contribution in [-0.4, -0.2) is 46.0 Å². The van der Waals surface area contributed by atoms with Gasteiger partial charge in [-0.2, -0.15) is 0 Å². The minimum Gasteiger partial charge on any atom is -0.508 e. The fourth-order valence-corrected chi connectivity index (χ4v) is 3.25. The Morgan fingerprint density at radius 1 is 0.800 bits per heavy atom. The summed E-state index contributed by atoms with van der Waals surface area (Å²) in [4.78, 5) is 38.5. The summed E-state index contributed by atoms with van der Waals surface area (Å²) in [7, 11) is 0. The predicted octanol–water partition coefficient (Wildman–Crippen LogP) is 5.30. The number of phenols is 1. The molecule has 1 aromatic rings. The molecule has 0 spiro atoms. The third-order valence-electron chi connectivity index (χ3n) is 4.60. The average Bonchev–Trinajstić information content (AvgIpc) is 2.63. The van der Waals surface area contributed by atoms with E-state index < -0.39 is 46.8 Å². The number of benzene rings is 1. The van der Waals surface area contributed by atoms with Crippen LogP contribution in [0.2, 0.25) is 0 Å². The largest absolute Gasteiger partial charge is 0.508 e. The van der Waals surface area contributed by atoms with Gasteiger partial charge < -0.3 is 24.6 Å². The topological polar surface area (TPSA) is 111 Å². The normalized spacial score (nSPS) is 14.0. The second-order valence-electron chi connectivity index (χ2n) is 11.8. The number of ether oxygens (including phenoxy) is 3. The molecule has 0 aliphatic heterocycles. The number of rotatable bonds is 9. The zero-order valence-corrected chi connectivity index (χ0v) is 22.7. The first kappa shape index (κ1) is 30.3. The van der Waals surface area contributed by atoms with Crippen molar-refractivity contribution in [3.8, 4) is 5.75 Å². The quantitative estimate of drug-likeness (QED) is 0.355. The van der Waals surface area contributed by atoms with Gasteiger partial charge in [0.05, 0.1) is 5.92 Å². The number of aryl methyl sites for hydroxylation is 1. The third kappa shape index (κ3) is 13.6. The molecule has 0 aromatic heterocycles. The van der Waals surface area contributed by atoms with Gasteiger partial charge >= 0.3 is 18.0 Å². The first-order chi connectivity index (χ1) is 15.8. The van der Waals surface area contributed by atoms with Crippen molar-refractivity contribution < 1.29 is 33.7 Å². The maximum absolute atomic E-state index is 13.1. The van der Waals surface area contributed by atoms with Crippen LogP contribution in [0.5, 0.6) is 5.75 Å². The number of hydrogen-bond donors (Lipinski definition) is 2. The summed E-state index contributed by atoms with van der Waals surface area (Å²) < 4.78 is 16.5. The number of phenolic OH excluding ortho intramolecular Hbond substituents is 1. The number of carbonyl (C=O) groups is 3. The lowest BCUT2D eigenvalue weighted by molar-refractivity contribution is -0.163. The lowest BCUT2D eigenvalue weighted by Crippen LogP contribution is -2.47. The third-order valence-corrected chi connectivity index (χ3v) is 4.60. The minimum absolute atomic E-state index is 0.0125. The van der Waals surface area contributed by atoms with Gasteiger partial charge in [-0.25, -0.2) is 9.59 Å². The van der Waals surface area contributed by atoms with E-state index in [1.54, 1.807) is 74.4 Å². The maximum Gasteiger partial charge on any atom is 0.408 e. The van der Waals surface area contributed by atoms with Crippen molar-refractivity contribution in [1.82, 2.24) is 5.32 Å². The summed E-state index contributed by atoms with van der Waals surface area (Å²) in [6.45, 7) is 15.7. The van der Waals surface area contributed by atoms with Gasteiger partial charge in [0.1, 0.15) is 28.6 Å². The highest BCUT2D eigenvalue weighted by molar-refractivity contribution is 5.83. The molecule has 198 valence electrons. The Hall–Kier alpha value is -2.77. The number of alkyl carbamates (subject to hydrolysis) is 1. The minimum atomic E-state index is -1.09. The molecule has 2 N–H and O–H groups in total.